The molecule has 0 saturated heterocycles. The largest absolute Gasteiger partial charge is 0.340 e. The van der Waals surface area contributed by atoms with E-state index in [4.69, 9.17) is 23.2 Å². The van der Waals surface area contributed by atoms with Crippen molar-refractivity contribution in [3.8, 4) is 0 Å². The summed E-state index contributed by atoms with van der Waals surface area (Å²) in [6, 6.07) is 7.64. The van der Waals surface area contributed by atoms with E-state index in [2.05, 4.69) is 0 Å². The minimum Gasteiger partial charge on any atom is -0.340 e. The fourth-order valence-electron chi connectivity index (χ4n) is 1.81. The van der Waals surface area contributed by atoms with Crippen LogP contribution in [0.5, 0.6) is 0 Å². The number of rotatable bonds is 6. The molecule has 0 bridgehead atoms. The molecule has 100 valence electrons. The van der Waals surface area contributed by atoms with E-state index in [9.17, 15) is 4.79 Å². The molecule has 1 amide bonds. The van der Waals surface area contributed by atoms with Crippen LogP contribution in [0.1, 0.15) is 25.8 Å². The molecule has 0 spiro atoms. The molecule has 18 heavy (non-hydrogen) atoms. The first-order valence-corrected chi connectivity index (χ1v) is 7.06. The average Bonchev–Trinajstić information content (AvgIpc) is 2.32. The Morgan fingerprint density at radius 1 is 1.33 bits per heavy atom. The lowest BCUT2D eigenvalue weighted by molar-refractivity contribution is -0.132. The molecular weight excluding hydrogens is 269 g/mol. The van der Waals surface area contributed by atoms with Crippen molar-refractivity contribution in [1.29, 1.82) is 0 Å². The van der Waals surface area contributed by atoms with Gasteiger partial charge in [-0.05, 0) is 31.9 Å². The summed E-state index contributed by atoms with van der Waals surface area (Å²) >= 11 is 11.7. The highest BCUT2D eigenvalue weighted by atomic mass is 35.5. The number of nitrogens with zero attached hydrogens (tertiary/aromatic N) is 1. The maximum atomic E-state index is 12.2. The van der Waals surface area contributed by atoms with Crippen LogP contribution in [0.2, 0.25) is 5.02 Å². The summed E-state index contributed by atoms with van der Waals surface area (Å²) in [7, 11) is 0. The maximum absolute atomic E-state index is 12.2. The molecule has 0 aliphatic rings. The van der Waals surface area contributed by atoms with Gasteiger partial charge in [-0.15, -0.1) is 11.6 Å². The third-order valence-corrected chi connectivity index (χ3v) is 3.41. The molecule has 0 aromatic heterocycles. The van der Waals surface area contributed by atoms with Gasteiger partial charge in [0.05, 0.1) is 6.42 Å². The minimum atomic E-state index is 0.100. The van der Waals surface area contributed by atoms with Gasteiger partial charge in [-0.1, -0.05) is 29.8 Å². The number of hydrogen-bond acceptors (Lipinski definition) is 1. The molecule has 0 fully saturated rings. The Bertz CT molecular complexity index is 393. The summed E-state index contributed by atoms with van der Waals surface area (Å²) in [6.07, 6.45) is 1.16. The minimum absolute atomic E-state index is 0.100. The van der Waals surface area contributed by atoms with Gasteiger partial charge in [-0.25, -0.2) is 0 Å². The molecule has 2 nitrogen and oxygen atoms in total. The fraction of sp³-hybridized carbons (Fsp3) is 0.500. The van der Waals surface area contributed by atoms with Crippen LogP contribution in [0, 0.1) is 0 Å². The zero-order chi connectivity index (χ0) is 13.5. The Morgan fingerprint density at radius 3 is 2.56 bits per heavy atom. The van der Waals surface area contributed by atoms with E-state index in [1.54, 1.807) is 0 Å². The van der Waals surface area contributed by atoms with Gasteiger partial charge in [0.1, 0.15) is 0 Å². The molecule has 0 aliphatic heterocycles. The quantitative estimate of drug-likeness (QED) is 0.730. The van der Waals surface area contributed by atoms with Crippen molar-refractivity contribution in [3.63, 3.8) is 0 Å². The predicted molar refractivity (Wildman–Crippen MR) is 77.3 cm³/mol. The Morgan fingerprint density at radius 2 is 2.00 bits per heavy atom. The van der Waals surface area contributed by atoms with Crippen LogP contribution in [0.15, 0.2) is 24.3 Å². The van der Waals surface area contributed by atoms with E-state index in [-0.39, 0.29) is 11.9 Å². The highest BCUT2D eigenvalue weighted by Crippen LogP contribution is 2.17. The Balaban J connectivity index is 2.70. The third-order valence-electron chi connectivity index (χ3n) is 2.78. The molecule has 1 aromatic carbocycles. The standard InChI is InChI=1S/C14H19Cl2NO/c1-11(2)17(9-5-8-15)14(18)10-12-6-3-4-7-13(12)16/h3-4,6-7,11H,5,8-10H2,1-2H3. The van der Waals surface area contributed by atoms with Gasteiger partial charge >= 0.3 is 0 Å². The summed E-state index contributed by atoms with van der Waals surface area (Å²) in [5.41, 5.74) is 0.876. The van der Waals surface area contributed by atoms with Gasteiger partial charge < -0.3 is 4.90 Å². The number of hydrogen-bond donors (Lipinski definition) is 0. The van der Waals surface area contributed by atoms with Crippen LogP contribution in [0.25, 0.3) is 0 Å². The van der Waals surface area contributed by atoms with Crippen molar-refractivity contribution in [3.05, 3.63) is 34.9 Å². The van der Waals surface area contributed by atoms with Gasteiger partial charge in [-0.2, -0.15) is 0 Å². The first-order valence-electron chi connectivity index (χ1n) is 6.15. The van der Waals surface area contributed by atoms with E-state index in [0.717, 1.165) is 12.0 Å². The van der Waals surface area contributed by atoms with Crippen molar-refractivity contribution < 1.29 is 4.79 Å². The zero-order valence-corrected chi connectivity index (χ0v) is 12.3. The summed E-state index contributed by atoms with van der Waals surface area (Å²) in [4.78, 5) is 14.1. The average molecular weight is 288 g/mol. The van der Waals surface area contributed by atoms with Gasteiger partial charge in [-0.3, -0.25) is 4.79 Å². The predicted octanol–water partition coefficient (Wildman–Crippen LogP) is 3.75. The van der Waals surface area contributed by atoms with E-state index in [0.29, 0.717) is 23.9 Å². The fourth-order valence-corrected chi connectivity index (χ4v) is 2.13. The molecule has 1 rings (SSSR count). The molecule has 0 radical (unpaired) electrons. The first kappa shape index (κ1) is 15.3. The topological polar surface area (TPSA) is 20.3 Å². The molecule has 1 aromatic rings. The highest BCUT2D eigenvalue weighted by molar-refractivity contribution is 6.31. The van der Waals surface area contributed by atoms with Gasteiger partial charge in [0.15, 0.2) is 0 Å². The molecule has 0 heterocycles. The van der Waals surface area contributed by atoms with Crippen LogP contribution in [-0.2, 0) is 11.2 Å². The second kappa shape index (κ2) is 7.65. The summed E-state index contributed by atoms with van der Waals surface area (Å²) in [5, 5.41) is 0.645. The van der Waals surface area contributed by atoms with Gasteiger partial charge in [0.25, 0.3) is 0 Å². The van der Waals surface area contributed by atoms with Crippen molar-refractivity contribution in [2.75, 3.05) is 12.4 Å². The monoisotopic (exact) mass is 287 g/mol. The summed E-state index contributed by atoms with van der Waals surface area (Å²) in [5.74, 6) is 0.672. The normalized spacial score (nSPS) is 10.7. The van der Waals surface area contributed by atoms with E-state index < -0.39 is 0 Å². The summed E-state index contributed by atoms with van der Waals surface area (Å²) in [6.45, 7) is 4.72. The number of amides is 1. The number of halogens is 2. The van der Waals surface area contributed by atoms with Crippen LogP contribution in [0.3, 0.4) is 0 Å². The molecule has 0 aliphatic carbocycles. The Kier molecular flexibility index (Phi) is 6.51. The molecular formula is C14H19Cl2NO. The zero-order valence-electron chi connectivity index (χ0n) is 10.8. The van der Waals surface area contributed by atoms with Crippen LogP contribution >= 0.6 is 23.2 Å². The summed E-state index contributed by atoms with van der Waals surface area (Å²) < 4.78 is 0. The van der Waals surface area contributed by atoms with E-state index in [1.165, 1.54) is 0 Å². The Hall–Kier alpha value is -0.730. The Labute approximate surface area is 119 Å². The second-order valence-corrected chi connectivity index (χ2v) is 5.28. The molecule has 0 atom stereocenters. The number of benzene rings is 1. The first-order chi connectivity index (χ1) is 8.56. The maximum Gasteiger partial charge on any atom is 0.227 e. The number of carbonyl (C=O) groups excluding carboxylic acids is 1. The van der Waals surface area contributed by atoms with Gasteiger partial charge in [0, 0.05) is 23.5 Å². The molecule has 0 unspecified atom stereocenters. The lowest BCUT2D eigenvalue weighted by Crippen LogP contribution is -2.38. The van der Waals surface area contributed by atoms with Crippen molar-refractivity contribution in [2.45, 2.75) is 32.7 Å². The van der Waals surface area contributed by atoms with Crippen LogP contribution in [-0.4, -0.2) is 29.3 Å². The van der Waals surface area contributed by atoms with E-state index in [1.807, 2.05) is 43.0 Å². The molecule has 0 saturated carbocycles. The van der Waals surface area contributed by atoms with Gasteiger partial charge in [0.2, 0.25) is 5.91 Å². The molecule has 4 heteroatoms. The smallest absolute Gasteiger partial charge is 0.227 e. The van der Waals surface area contributed by atoms with Crippen LogP contribution < -0.4 is 0 Å². The third kappa shape index (κ3) is 4.51. The lowest BCUT2D eigenvalue weighted by Gasteiger charge is -2.26. The van der Waals surface area contributed by atoms with Crippen molar-refractivity contribution in [2.24, 2.45) is 0 Å². The lowest BCUT2D eigenvalue weighted by atomic mass is 10.1. The molecule has 0 N–H and O–H groups in total. The second-order valence-electron chi connectivity index (χ2n) is 4.49. The number of carbonyl (C=O) groups is 1. The van der Waals surface area contributed by atoms with E-state index >= 15 is 0 Å². The van der Waals surface area contributed by atoms with Crippen molar-refractivity contribution in [1.82, 2.24) is 4.90 Å². The number of alkyl halides is 1. The highest BCUT2D eigenvalue weighted by Gasteiger charge is 2.17. The van der Waals surface area contributed by atoms with Crippen molar-refractivity contribution >= 4 is 29.1 Å². The SMILES string of the molecule is CC(C)N(CCCCl)C(=O)Cc1ccccc1Cl. The van der Waals surface area contributed by atoms with Crippen LogP contribution in [0.4, 0.5) is 0 Å².